The molecule has 1 aliphatic rings. The van der Waals surface area contributed by atoms with E-state index in [4.69, 9.17) is 10.8 Å². The molecule has 79 heavy (non-hydrogen) atoms. The number of nitrogens with zero attached hydrogens (tertiary/aromatic N) is 3. The van der Waals surface area contributed by atoms with E-state index in [0.29, 0.717) is 10.6 Å². The predicted octanol–water partition coefficient (Wildman–Crippen LogP) is -0.500. The van der Waals surface area contributed by atoms with Crippen molar-refractivity contribution in [2.45, 2.75) is 110 Å². The number of amides is 10. The van der Waals surface area contributed by atoms with Crippen LogP contribution < -0.4 is 37.6 Å². The Morgan fingerprint density at radius 3 is 1.94 bits per heavy atom. The maximum atomic E-state index is 15.4. The van der Waals surface area contributed by atoms with Crippen LogP contribution in [0.15, 0.2) is 72.9 Å². The molecule has 0 fully saturated rings. The van der Waals surface area contributed by atoms with Crippen LogP contribution in [0.2, 0.25) is 0 Å². The lowest BCUT2D eigenvalue weighted by atomic mass is 9.82. The number of nitrogens with two attached hydrogens (primary N) is 1. The van der Waals surface area contributed by atoms with Gasteiger partial charge in [-0.3, -0.25) is 57.6 Å². The molecule has 4 rings (SSSR count). The minimum absolute atomic E-state index is 0.106. The Labute approximate surface area is 451 Å². The molecule has 426 valence electrons. The van der Waals surface area contributed by atoms with E-state index in [9.17, 15) is 72.1 Å². The first kappa shape index (κ1) is 62.7. The highest BCUT2D eigenvalue weighted by atomic mass is 19.1. The van der Waals surface area contributed by atoms with Crippen LogP contribution in [-0.4, -0.2) is 157 Å². The van der Waals surface area contributed by atoms with Gasteiger partial charge in [0.05, 0.1) is 12.5 Å². The van der Waals surface area contributed by atoms with Crippen LogP contribution in [0, 0.1) is 17.0 Å². The predicted molar refractivity (Wildman–Crippen MR) is 274 cm³/mol. The molecule has 0 saturated heterocycles. The Hall–Kier alpha value is -8.88. The van der Waals surface area contributed by atoms with Crippen molar-refractivity contribution in [1.82, 2.24) is 46.3 Å². The second-order valence-corrected chi connectivity index (χ2v) is 19.5. The first-order valence-electron chi connectivity index (χ1n) is 24.7. The Morgan fingerprint density at radius 2 is 1.34 bits per heavy atom. The number of hydrogen-bond acceptors (Lipinski definition) is 13. The molecule has 0 bridgehead atoms. The lowest BCUT2D eigenvalue weighted by Crippen LogP contribution is -2.58. The number of rotatable bonds is 29. The molecule has 1 aromatic heterocycles. The number of halogens is 2. The topological polar surface area (TPSA) is 375 Å². The van der Waals surface area contributed by atoms with Gasteiger partial charge in [0.15, 0.2) is 0 Å². The van der Waals surface area contributed by atoms with Crippen LogP contribution in [0.4, 0.5) is 8.78 Å². The van der Waals surface area contributed by atoms with Crippen LogP contribution in [-0.2, 0) is 64.1 Å². The summed E-state index contributed by atoms with van der Waals surface area (Å²) in [5, 5.41) is 42.9. The largest absolute Gasteiger partial charge is 0.481 e. The van der Waals surface area contributed by atoms with E-state index < -0.39 is 183 Å². The zero-order chi connectivity index (χ0) is 58.9. The number of nitrogens with one attached hydrogen (secondary N) is 6. The number of carbonyl (C=O) groups excluding carboxylic acids is 10. The van der Waals surface area contributed by atoms with Crippen molar-refractivity contribution < 1.29 is 81.6 Å². The van der Waals surface area contributed by atoms with E-state index in [1.165, 1.54) is 18.7 Å². The summed E-state index contributed by atoms with van der Waals surface area (Å²) >= 11 is 0. The van der Waals surface area contributed by atoms with Crippen molar-refractivity contribution in [2.75, 3.05) is 26.2 Å². The van der Waals surface area contributed by atoms with Gasteiger partial charge < -0.3 is 62.4 Å². The van der Waals surface area contributed by atoms with E-state index in [2.05, 4.69) is 31.9 Å². The third-order valence-electron chi connectivity index (χ3n) is 12.2. The van der Waals surface area contributed by atoms with Crippen molar-refractivity contribution >= 4 is 71.0 Å². The van der Waals surface area contributed by atoms with Gasteiger partial charge in [-0.15, -0.1) is 0 Å². The summed E-state index contributed by atoms with van der Waals surface area (Å²) in [5.74, 6) is -13.9. The molecule has 25 nitrogen and oxygen atoms in total. The minimum atomic E-state index is -1.86. The minimum Gasteiger partial charge on any atom is -0.481 e. The zero-order valence-electron chi connectivity index (χ0n) is 43.9. The molecule has 10 amide bonds. The molecule has 27 heteroatoms. The van der Waals surface area contributed by atoms with Gasteiger partial charge in [-0.2, -0.15) is 0 Å². The summed E-state index contributed by atoms with van der Waals surface area (Å²) in [6, 6.07) is 4.40. The number of hydrogen-bond donors (Lipinski definition) is 10. The molecule has 2 heterocycles. The maximum Gasteiger partial charge on any atom is 0.326 e. The van der Waals surface area contributed by atoms with E-state index in [0.717, 1.165) is 35.9 Å². The summed E-state index contributed by atoms with van der Waals surface area (Å²) in [5.41, 5.74) is 5.76. The highest BCUT2D eigenvalue weighted by molar-refractivity contribution is 6.14. The third kappa shape index (κ3) is 18.7. The van der Waals surface area contributed by atoms with Crippen LogP contribution in [0.3, 0.4) is 0 Å². The summed E-state index contributed by atoms with van der Waals surface area (Å²) < 4.78 is 31.7. The number of carboxylic acids is 2. The van der Waals surface area contributed by atoms with Crippen LogP contribution in [0.25, 0.3) is 11.1 Å². The fourth-order valence-corrected chi connectivity index (χ4v) is 8.32. The normalized spacial score (nSPS) is 14.4. The Kier molecular flexibility index (Phi) is 22.6. The van der Waals surface area contributed by atoms with E-state index in [1.54, 1.807) is 55.8 Å². The molecule has 3 aromatic rings. The lowest BCUT2D eigenvalue weighted by molar-refractivity contribution is -0.143. The zero-order valence-corrected chi connectivity index (χ0v) is 43.9. The molecular formula is C52H64F2N10O15. The SMILES string of the molecule is C[C@H](NC(=O)CN1C(=O)C=CC1=O)C(=O)N[C@H](C)C(=O)N[C@@H](CC(N)=O)C(=O)N[C@@H](CCN(C(=O)CO)[C@@H](c1cc(-c2cc(F)ccc2F)cn1Cc1ccccc1)C(C)(C)C)C(=O)NCCC(=O)N[C@@H](CCC(=O)O)C(=O)O. The van der Waals surface area contributed by atoms with E-state index >= 15 is 4.39 Å². The lowest BCUT2D eigenvalue weighted by Gasteiger charge is -2.41. The van der Waals surface area contributed by atoms with Gasteiger partial charge in [-0.25, -0.2) is 13.6 Å². The van der Waals surface area contributed by atoms with Crippen molar-refractivity contribution in [2.24, 2.45) is 11.1 Å². The number of aliphatic hydroxyl groups is 1. The Morgan fingerprint density at radius 1 is 0.722 bits per heavy atom. The van der Waals surface area contributed by atoms with E-state index in [1.807, 2.05) is 12.1 Å². The Balaban J connectivity index is 1.66. The Bertz CT molecular complexity index is 2820. The molecular weight excluding hydrogens is 1040 g/mol. The van der Waals surface area contributed by atoms with Gasteiger partial charge in [-0.05, 0) is 61.9 Å². The van der Waals surface area contributed by atoms with Gasteiger partial charge in [0.2, 0.25) is 47.3 Å². The highest BCUT2D eigenvalue weighted by Crippen LogP contribution is 2.41. The van der Waals surface area contributed by atoms with Crippen molar-refractivity contribution in [1.29, 1.82) is 0 Å². The van der Waals surface area contributed by atoms with Crippen molar-refractivity contribution in [3.05, 3.63) is 95.8 Å². The monoisotopic (exact) mass is 1110 g/mol. The fourth-order valence-electron chi connectivity index (χ4n) is 8.32. The molecule has 11 N–H and O–H groups in total. The van der Waals surface area contributed by atoms with E-state index in [-0.39, 0.29) is 17.7 Å². The standard InChI is InChI=1S/C52H64F2N10O15/c1-28(57-41(68)26-64-42(69)14-15-43(64)70)47(74)58-29(2)48(75)61-37(23-39(55)66)50(77)60-35(49(76)56-19-17-40(67)59-36(51(78)79)13-16-45(72)73)18-20-63(44(71)27-65)46(52(3,4)5)38-21-31(33-22-32(53)11-12-34(33)54)25-62(38)24-30-9-7-6-8-10-30/h6-12,14-15,21-22,25,28-29,35-37,46,65H,13,16-20,23-24,26-27H2,1-5H3,(H2,55,66)(H,56,76)(H,57,68)(H,58,74)(H,59,67)(H,60,77)(H,61,75)(H,72,73)(H,78,79)/t28-,29+,35-,36-,37-,46-/m0/s1. The molecule has 6 atom stereocenters. The van der Waals surface area contributed by atoms with Crippen LogP contribution >= 0.6 is 0 Å². The number of aliphatic hydroxyl groups excluding tert-OH is 1. The number of aromatic nitrogens is 1. The molecule has 0 aliphatic carbocycles. The second kappa shape index (κ2) is 28.5. The van der Waals surface area contributed by atoms with Gasteiger partial charge in [-0.1, -0.05) is 51.1 Å². The molecule has 0 saturated carbocycles. The maximum absolute atomic E-state index is 15.4. The number of aliphatic carboxylic acids is 2. The van der Waals surface area contributed by atoms with Crippen molar-refractivity contribution in [3.63, 3.8) is 0 Å². The number of primary amides is 1. The highest BCUT2D eigenvalue weighted by Gasteiger charge is 2.39. The van der Waals surface area contributed by atoms with Gasteiger partial charge in [0, 0.05) is 67.6 Å². The van der Waals surface area contributed by atoms with Gasteiger partial charge in [0.1, 0.15) is 55.0 Å². The molecule has 1 aliphatic heterocycles. The summed E-state index contributed by atoms with van der Waals surface area (Å²) in [7, 11) is 0. The van der Waals surface area contributed by atoms with Crippen molar-refractivity contribution in [3.8, 4) is 11.1 Å². The first-order chi connectivity index (χ1) is 37.1. The average Bonchev–Trinajstić information content (AvgIpc) is 4.03. The number of carboxylic acid groups (broad SMARTS) is 2. The number of benzene rings is 2. The summed E-state index contributed by atoms with van der Waals surface area (Å²) in [6.45, 7) is 5.05. The number of carbonyl (C=O) groups is 12. The second-order valence-electron chi connectivity index (χ2n) is 19.5. The molecule has 0 spiro atoms. The van der Waals surface area contributed by atoms with Gasteiger partial charge >= 0.3 is 11.9 Å². The third-order valence-corrected chi connectivity index (χ3v) is 12.2. The summed E-state index contributed by atoms with van der Waals surface area (Å²) in [4.78, 5) is 155. The van der Waals surface area contributed by atoms with Crippen LogP contribution in [0.1, 0.15) is 84.0 Å². The fraction of sp³-hybridized carbons (Fsp3) is 0.423. The summed E-state index contributed by atoms with van der Waals surface area (Å²) in [6.07, 6.45) is 0.458. The quantitative estimate of drug-likeness (QED) is 0.0392. The molecule has 0 unspecified atom stereocenters. The number of imide groups is 1. The first-order valence-corrected chi connectivity index (χ1v) is 24.7. The smallest absolute Gasteiger partial charge is 0.326 e. The molecule has 0 radical (unpaired) electrons. The molecule has 2 aromatic carbocycles. The van der Waals surface area contributed by atoms with Crippen LogP contribution in [0.5, 0.6) is 0 Å². The van der Waals surface area contributed by atoms with Gasteiger partial charge in [0.25, 0.3) is 11.8 Å². The average molecular weight is 1110 g/mol.